The van der Waals surface area contributed by atoms with Crippen LogP contribution in [0.2, 0.25) is 0 Å². The molecule has 1 aliphatic carbocycles. The Labute approximate surface area is 131 Å². The van der Waals surface area contributed by atoms with Crippen LogP contribution in [0.3, 0.4) is 0 Å². The Morgan fingerprint density at radius 3 is 2.57 bits per heavy atom. The monoisotopic (exact) mass is 304 g/mol. The van der Waals surface area contributed by atoms with Crippen LogP contribution in [0.15, 0.2) is 29.3 Å². The highest BCUT2D eigenvalue weighted by Crippen LogP contribution is 2.25. The average molecular weight is 304 g/mol. The van der Waals surface area contributed by atoms with Crippen molar-refractivity contribution in [3.05, 3.63) is 29.8 Å². The lowest BCUT2D eigenvalue weighted by Crippen LogP contribution is -2.35. The van der Waals surface area contributed by atoms with E-state index in [1.54, 1.807) is 0 Å². The van der Waals surface area contributed by atoms with Crippen molar-refractivity contribution in [2.75, 3.05) is 36.5 Å². The number of benzene rings is 1. The summed E-state index contributed by atoms with van der Waals surface area (Å²) in [6.07, 6.45) is 2.49. The fourth-order valence-electron chi connectivity index (χ4n) is 2.57. The minimum absolute atomic E-state index is 0.619. The topological polar surface area (TPSA) is 44.9 Å². The van der Waals surface area contributed by atoms with Crippen LogP contribution in [0, 0.1) is 0 Å². The molecule has 0 amide bonds. The zero-order valence-electron chi connectivity index (χ0n) is 12.7. The summed E-state index contributed by atoms with van der Waals surface area (Å²) < 4.78 is 0. The molecule has 1 saturated heterocycles. The van der Waals surface area contributed by atoms with E-state index in [2.05, 4.69) is 39.1 Å². The summed E-state index contributed by atoms with van der Waals surface area (Å²) in [7, 11) is 2.04. The molecular weight excluding hydrogens is 280 g/mol. The van der Waals surface area contributed by atoms with Gasteiger partial charge in [-0.3, -0.25) is 0 Å². The summed E-state index contributed by atoms with van der Waals surface area (Å²) >= 11 is 2.04. The summed E-state index contributed by atoms with van der Waals surface area (Å²) in [4.78, 5) is 9.06. The Bertz CT molecular complexity index is 490. The third kappa shape index (κ3) is 3.84. The van der Waals surface area contributed by atoms with E-state index in [-0.39, 0.29) is 0 Å². The SMILES string of the molecule is CN(C(N)=NCc1ccc(N2CCSCC2)cc1)C1CC1. The molecule has 0 radical (unpaired) electrons. The molecule has 0 spiro atoms. The van der Waals surface area contributed by atoms with Crippen molar-refractivity contribution in [3.8, 4) is 0 Å². The van der Waals surface area contributed by atoms with Gasteiger partial charge in [0.15, 0.2) is 5.96 Å². The average Bonchev–Trinajstić information content (AvgIpc) is 3.38. The molecule has 1 aliphatic heterocycles. The summed E-state index contributed by atoms with van der Waals surface area (Å²) in [5, 5.41) is 0. The van der Waals surface area contributed by atoms with E-state index < -0.39 is 0 Å². The van der Waals surface area contributed by atoms with Gasteiger partial charge in [-0.25, -0.2) is 4.99 Å². The van der Waals surface area contributed by atoms with Gasteiger partial charge in [0.25, 0.3) is 0 Å². The van der Waals surface area contributed by atoms with Crippen LogP contribution in [0.1, 0.15) is 18.4 Å². The summed E-state index contributed by atoms with van der Waals surface area (Å²) in [5.74, 6) is 3.13. The predicted octanol–water partition coefficient (Wildman–Crippen LogP) is 2.15. The molecule has 2 N–H and O–H groups in total. The molecule has 114 valence electrons. The van der Waals surface area contributed by atoms with Crippen LogP contribution in [0.25, 0.3) is 0 Å². The van der Waals surface area contributed by atoms with Gasteiger partial charge in [-0.1, -0.05) is 12.1 Å². The second-order valence-corrected chi connectivity index (χ2v) is 7.01. The maximum atomic E-state index is 6.02. The normalized spacial score (nSPS) is 19.7. The minimum Gasteiger partial charge on any atom is -0.370 e. The number of aliphatic imine (C=N–C) groups is 1. The van der Waals surface area contributed by atoms with E-state index in [4.69, 9.17) is 5.73 Å². The van der Waals surface area contributed by atoms with E-state index in [0.29, 0.717) is 18.5 Å². The van der Waals surface area contributed by atoms with Gasteiger partial charge in [0.05, 0.1) is 6.54 Å². The first-order chi connectivity index (χ1) is 10.2. The van der Waals surface area contributed by atoms with Crippen LogP contribution in [0.5, 0.6) is 0 Å². The van der Waals surface area contributed by atoms with Gasteiger partial charge in [-0.05, 0) is 30.5 Å². The number of nitrogens with zero attached hydrogens (tertiary/aromatic N) is 3. The zero-order chi connectivity index (χ0) is 14.7. The van der Waals surface area contributed by atoms with Crippen LogP contribution in [-0.2, 0) is 6.54 Å². The smallest absolute Gasteiger partial charge is 0.191 e. The molecule has 1 saturated carbocycles. The van der Waals surface area contributed by atoms with Crippen molar-refractivity contribution < 1.29 is 0 Å². The van der Waals surface area contributed by atoms with Gasteiger partial charge in [0.1, 0.15) is 0 Å². The molecule has 0 aromatic heterocycles. The van der Waals surface area contributed by atoms with Crippen molar-refractivity contribution in [2.45, 2.75) is 25.4 Å². The second kappa shape index (κ2) is 6.60. The molecule has 4 nitrogen and oxygen atoms in total. The number of guanidine groups is 1. The highest BCUT2D eigenvalue weighted by molar-refractivity contribution is 7.99. The zero-order valence-corrected chi connectivity index (χ0v) is 13.5. The van der Waals surface area contributed by atoms with E-state index in [1.165, 1.54) is 35.6 Å². The van der Waals surface area contributed by atoms with Gasteiger partial charge in [0, 0.05) is 43.4 Å². The van der Waals surface area contributed by atoms with Crippen molar-refractivity contribution >= 4 is 23.4 Å². The molecule has 1 heterocycles. The first-order valence-corrected chi connectivity index (χ1v) is 8.84. The summed E-state index contributed by atoms with van der Waals surface area (Å²) in [5.41, 5.74) is 8.56. The molecule has 2 fully saturated rings. The van der Waals surface area contributed by atoms with Gasteiger partial charge >= 0.3 is 0 Å². The van der Waals surface area contributed by atoms with E-state index in [1.807, 2.05) is 18.8 Å². The van der Waals surface area contributed by atoms with Crippen molar-refractivity contribution in [1.82, 2.24) is 4.90 Å². The molecule has 3 rings (SSSR count). The standard InChI is InChI=1S/C16H24N4S/c1-19(14-6-7-14)16(17)18-12-13-2-4-15(5-3-13)20-8-10-21-11-9-20/h2-5,14H,6-12H2,1H3,(H2,17,18). The fraction of sp³-hybridized carbons (Fsp3) is 0.562. The van der Waals surface area contributed by atoms with Gasteiger partial charge in [-0.2, -0.15) is 11.8 Å². The third-order valence-corrected chi connectivity index (χ3v) is 5.13. The third-order valence-electron chi connectivity index (χ3n) is 4.19. The van der Waals surface area contributed by atoms with Crippen LogP contribution in [-0.4, -0.2) is 48.5 Å². The van der Waals surface area contributed by atoms with Crippen LogP contribution in [0.4, 0.5) is 5.69 Å². The molecular formula is C16H24N4S. The Balaban J connectivity index is 1.57. The number of nitrogens with two attached hydrogens (primary N) is 1. The first-order valence-electron chi connectivity index (χ1n) is 7.68. The van der Waals surface area contributed by atoms with Crippen LogP contribution < -0.4 is 10.6 Å². The maximum Gasteiger partial charge on any atom is 0.191 e. The molecule has 2 aliphatic rings. The molecule has 0 unspecified atom stereocenters. The molecule has 1 aromatic carbocycles. The Morgan fingerprint density at radius 2 is 1.95 bits per heavy atom. The molecule has 5 heteroatoms. The lowest BCUT2D eigenvalue weighted by Gasteiger charge is -2.28. The Hall–Kier alpha value is -1.36. The number of hydrogen-bond donors (Lipinski definition) is 1. The lowest BCUT2D eigenvalue weighted by molar-refractivity contribution is 0.487. The summed E-state index contributed by atoms with van der Waals surface area (Å²) in [6.45, 7) is 2.97. The van der Waals surface area contributed by atoms with Crippen molar-refractivity contribution in [3.63, 3.8) is 0 Å². The number of thioether (sulfide) groups is 1. The predicted molar refractivity (Wildman–Crippen MR) is 92.1 cm³/mol. The molecule has 0 bridgehead atoms. The van der Waals surface area contributed by atoms with Crippen molar-refractivity contribution in [2.24, 2.45) is 10.7 Å². The quantitative estimate of drug-likeness (QED) is 0.684. The van der Waals surface area contributed by atoms with Gasteiger partial charge < -0.3 is 15.5 Å². The largest absolute Gasteiger partial charge is 0.370 e. The number of hydrogen-bond acceptors (Lipinski definition) is 3. The van der Waals surface area contributed by atoms with E-state index in [0.717, 1.165) is 13.1 Å². The highest BCUT2D eigenvalue weighted by Gasteiger charge is 2.27. The van der Waals surface area contributed by atoms with Crippen molar-refractivity contribution in [1.29, 1.82) is 0 Å². The molecule has 21 heavy (non-hydrogen) atoms. The fourth-order valence-corrected chi connectivity index (χ4v) is 3.47. The Kier molecular flexibility index (Phi) is 4.58. The highest BCUT2D eigenvalue weighted by atomic mass is 32.2. The Morgan fingerprint density at radius 1 is 1.29 bits per heavy atom. The molecule has 1 aromatic rings. The molecule has 0 atom stereocenters. The van der Waals surface area contributed by atoms with Gasteiger partial charge in [0.2, 0.25) is 0 Å². The first kappa shape index (κ1) is 14.6. The number of anilines is 1. The summed E-state index contributed by atoms with van der Waals surface area (Å²) in [6, 6.07) is 9.38. The van der Waals surface area contributed by atoms with E-state index in [9.17, 15) is 0 Å². The van der Waals surface area contributed by atoms with E-state index >= 15 is 0 Å². The number of rotatable bonds is 4. The minimum atomic E-state index is 0.619. The van der Waals surface area contributed by atoms with Crippen LogP contribution >= 0.6 is 11.8 Å². The maximum absolute atomic E-state index is 6.02. The van der Waals surface area contributed by atoms with Gasteiger partial charge in [-0.15, -0.1) is 0 Å². The second-order valence-electron chi connectivity index (χ2n) is 5.78. The lowest BCUT2D eigenvalue weighted by atomic mass is 10.2.